The number of methoxy groups -OCH3 is 1. The molecule has 0 unspecified atom stereocenters. The second-order valence-corrected chi connectivity index (χ2v) is 6.07. The Morgan fingerprint density at radius 3 is 2.43 bits per heavy atom. The molecule has 0 aliphatic carbocycles. The number of barbiturate groups is 1. The van der Waals surface area contributed by atoms with Crippen molar-refractivity contribution in [1.82, 2.24) is 5.32 Å². The smallest absolute Gasteiger partial charge is 0.341 e. The number of hydrogen-bond donors (Lipinski definition) is 3. The summed E-state index contributed by atoms with van der Waals surface area (Å²) in [7, 11) is 1.35. The molecule has 2 aromatic carbocycles. The van der Waals surface area contributed by atoms with Crippen molar-refractivity contribution < 1.29 is 38.9 Å². The number of carboxylic acid groups (broad SMARTS) is 1. The molecule has 10 nitrogen and oxygen atoms in total. The maximum Gasteiger partial charge on any atom is 0.341 e. The van der Waals surface area contributed by atoms with E-state index in [2.05, 4.69) is 5.32 Å². The third kappa shape index (κ3) is 4.22. The maximum absolute atomic E-state index is 12.8. The van der Waals surface area contributed by atoms with Crippen molar-refractivity contribution in [2.45, 2.75) is 0 Å². The fourth-order valence-electron chi connectivity index (χ4n) is 2.69. The average Bonchev–Trinajstić information content (AvgIpc) is 2.71. The molecule has 30 heavy (non-hydrogen) atoms. The van der Waals surface area contributed by atoms with E-state index in [0.29, 0.717) is 5.56 Å². The fraction of sp³-hybridized carbons (Fsp3) is 0.100. The molecule has 3 rings (SSSR count). The molecule has 0 saturated carbocycles. The summed E-state index contributed by atoms with van der Waals surface area (Å²) in [5.41, 5.74) is 0.251. The highest BCUT2D eigenvalue weighted by Crippen LogP contribution is 2.30. The van der Waals surface area contributed by atoms with E-state index in [-0.39, 0.29) is 28.5 Å². The number of phenolic OH excluding ortho intramolecular Hbond substituents is 1. The molecule has 0 atom stereocenters. The Balaban J connectivity index is 1.94. The van der Waals surface area contributed by atoms with Gasteiger partial charge in [0.15, 0.2) is 18.1 Å². The summed E-state index contributed by atoms with van der Waals surface area (Å²) in [6, 6.07) is 8.79. The molecule has 0 spiro atoms. The monoisotopic (exact) mass is 412 g/mol. The Morgan fingerprint density at radius 2 is 1.80 bits per heavy atom. The van der Waals surface area contributed by atoms with Gasteiger partial charge in [0.2, 0.25) is 0 Å². The van der Waals surface area contributed by atoms with E-state index in [0.717, 1.165) is 4.90 Å². The number of nitrogens with zero attached hydrogens (tertiary/aromatic N) is 1. The lowest BCUT2D eigenvalue weighted by atomic mass is 10.1. The minimum atomic E-state index is -1.16. The van der Waals surface area contributed by atoms with E-state index in [1.165, 1.54) is 55.7 Å². The SMILES string of the molecule is COc1cc(/C=C2\C(=O)NC(=O)N(c3ccc(O)cc3)C2=O)ccc1OCC(=O)O. The molecule has 3 N–H and O–H groups in total. The second kappa shape index (κ2) is 8.35. The van der Waals surface area contributed by atoms with Crippen molar-refractivity contribution in [3.05, 3.63) is 53.6 Å². The number of phenols is 1. The summed E-state index contributed by atoms with van der Waals surface area (Å²) < 4.78 is 10.3. The first-order chi connectivity index (χ1) is 14.3. The van der Waals surface area contributed by atoms with E-state index < -0.39 is 30.4 Å². The van der Waals surface area contributed by atoms with Crippen molar-refractivity contribution >= 4 is 35.6 Å². The average molecular weight is 412 g/mol. The predicted molar refractivity (Wildman–Crippen MR) is 103 cm³/mol. The number of urea groups is 1. The molecule has 0 radical (unpaired) electrons. The molecule has 2 aromatic rings. The number of aromatic hydroxyl groups is 1. The first-order valence-corrected chi connectivity index (χ1v) is 8.53. The van der Waals surface area contributed by atoms with Crippen molar-refractivity contribution in [3.8, 4) is 17.2 Å². The fourth-order valence-corrected chi connectivity index (χ4v) is 2.69. The van der Waals surface area contributed by atoms with Gasteiger partial charge in [0.05, 0.1) is 12.8 Å². The van der Waals surface area contributed by atoms with E-state index in [1.54, 1.807) is 0 Å². The van der Waals surface area contributed by atoms with Crippen LogP contribution in [0.25, 0.3) is 6.08 Å². The van der Waals surface area contributed by atoms with Gasteiger partial charge in [-0.3, -0.25) is 14.9 Å². The summed E-state index contributed by atoms with van der Waals surface area (Å²) in [4.78, 5) is 48.7. The van der Waals surface area contributed by atoms with Crippen molar-refractivity contribution in [2.75, 3.05) is 18.6 Å². The lowest BCUT2D eigenvalue weighted by Gasteiger charge is -2.26. The molecule has 1 aliphatic heterocycles. The number of anilines is 1. The first-order valence-electron chi connectivity index (χ1n) is 8.53. The largest absolute Gasteiger partial charge is 0.508 e. The van der Waals surface area contributed by atoms with Crippen LogP contribution in [-0.4, -0.2) is 47.7 Å². The van der Waals surface area contributed by atoms with Crippen molar-refractivity contribution in [1.29, 1.82) is 0 Å². The standard InChI is InChI=1S/C20H16N2O8/c1-29-16-9-11(2-7-15(16)30-10-17(24)25)8-14-18(26)21-20(28)22(19(14)27)12-3-5-13(23)6-4-12/h2-9,23H,10H2,1H3,(H,24,25)(H,21,26,28)/b14-8+. The van der Waals surface area contributed by atoms with Gasteiger partial charge in [0, 0.05) is 0 Å². The van der Waals surface area contributed by atoms with Gasteiger partial charge >= 0.3 is 12.0 Å². The topological polar surface area (TPSA) is 142 Å². The Kier molecular flexibility index (Phi) is 5.68. The van der Waals surface area contributed by atoms with Gasteiger partial charge in [-0.05, 0) is 48.0 Å². The molecule has 4 amide bonds. The molecule has 1 heterocycles. The van der Waals surface area contributed by atoms with E-state index in [1.807, 2.05) is 0 Å². The van der Waals surface area contributed by atoms with Gasteiger partial charge < -0.3 is 19.7 Å². The molecule has 1 saturated heterocycles. The summed E-state index contributed by atoms with van der Waals surface area (Å²) in [6.07, 6.45) is 1.26. The number of carboxylic acids is 1. The number of aliphatic carboxylic acids is 1. The maximum atomic E-state index is 12.8. The zero-order valence-electron chi connectivity index (χ0n) is 15.6. The van der Waals surface area contributed by atoms with Crippen LogP contribution in [0.5, 0.6) is 17.2 Å². The number of carbonyl (C=O) groups excluding carboxylic acids is 3. The van der Waals surface area contributed by atoms with Gasteiger partial charge in [-0.1, -0.05) is 6.07 Å². The minimum Gasteiger partial charge on any atom is -0.508 e. The van der Waals surface area contributed by atoms with Crippen LogP contribution < -0.4 is 19.7 Å². The molecule has 10 heteroatoms. The normalized spacial score (nSPS) is 15.2. The highest BCUT2D eigenvalue weighted by molar-refractivity contribution is 6.39. The summed E-state index contributed by atoms with van der Waals surface area (Å²) in [6.45, 7) is -0.568. The van der Waals surface area contributed by atoms with Gasteiger partial charge in [0.25, 0.3) is 11.8 Å². The number of carbonyl (C=O) groups is 4. The Hall–Kier alpha value is -4.34. The first kappa shape index (κ1) is 20.4. The second-order valence-electron chi connectivity index (χ2n) is 6.07. The Labute approximate surface area is 169 Å². The van der Waals surface area contributed by atoms with Crippen LogP contribution >= 0.6 is 0 Å². The summed E-state index contributed by atoms with van der Waals surface area (Å²) in [5.74, 6) is -2.56. The third-order valence-electron chi connectivity index (χ3n) is 4.06. The predicted octanol–water partition coefficient (Wildman–Crippen LogP) is 1.53. The number of rotatable bonds is 6. The van der Waals surface area contributed by atoms with Crippen LogP contribution in [0.4, 0.5) is 10.5 Å². The van der Waals surface area contributed by atoms with Gasteiger partial charge in [-0.2, -0.15) is 0 Å². The third-order valence-corrected chi connectivity index (χ3v) is 4.06. The number of benzene rings is 2. The number of nitrogens with one attached hydrogen (secondary N) is 1. The zero-order chi connectivity index (χ0) is 21.8. The zero-order valence-corrected chi connectivity index (χ0v) is 15.6. The number of hydrogen-bond acceptors (Lipinski definition) is 7. The van der Waals surface area contributed by atoms with E-state index >= 15 is 0 Å². The van der Waals surface area contributed by atoms with Gasteiger partial charge in [0.1, 0.15) is 11.3 Å². The highest BCUT2D eigenvalue weighted by Gasteiger charge is 2.36. The molecule has 0 aromatic heterocycles. The number of amides is 4. The lowest BCUT2D eigenvalue weighted by Crippen LogP contribution is -2.54. The van der Waals surface area contributed by atoms with Crippen LogP contribution in [0, 0.1) is 0 Å². The van der Waals surface area contributed by atoms with Crippen molar-refractivity contribution in [2.24, 2.45) is 0 Å². The molecule has 1 aliphatic rings. The molecular formula is C20H16N2O8. The van der Waals surface area contributed by atoms with Crippen molar-refractivity contribution in [3.63, 3.8) is 0 Å². The van der Waals surface area contributed by atoms with E-state index in [4.69, 9.17) is 14.6 Å². The number of ether oxygens (including phenoxy) is 2. The van der Waals surface area contributed by atoms with Crippen LogP contribution in [0.3, 0.4) is 0 Å². The van der Waals surface area contributed by atoms with Gasteiger partial charge in [-0.15, -0.1) is 0 Å². The molecule has 1 fully saturated rings. The van der Waals surface area contributed by atoms with Crippen LogP contribution in [0.2, 0.25) is 0 Å². The molecular weight excluding hydrogens is 396 g/mol. The quantitative estimate of drug-likeness (QED) is 0.479. The molecule has 0 bridgehead atoms. The van der Waals surface area contributed by atoms with Crippen LogP contribution in [-0.2, 0) is 14.4 Å². The Bertz CT molecular complexity index is 1060. The Morgan fingerprint density at radius 1 is 1.10 bits per heavy atom. The summed E-state index contributed by atoms with van der Waals surface area (Å²) in [5, 5.41) is 20.2. The number of imide groups is 2. The van der Waals surface area contributed by atoms with E-state index in [9.17, 15) is 24.3 Å². The molecule has 154 valence electrons. The highest BCUT2D eigenvalue weighted by atomic mass is 16.5. The lowest BCUT2D eigenvalue weighted by molar-refractivity contribution is -0.139. The summed E-state index contributed by atoms with van der Waals surface area (Å²) >= 11 is 0. The minimum absolute atomic E-state index is 0.0484. The van der Waals surface area contributed by atoms with Crippen LogP contribution in [0.1, 0.15) is 5.56 Å². The van der Waals surface area contributed by atoms with Crippen LogP contribution in [0.15, 0.2) is 48.0 Å². The van der Waals surface area contributed by atoms with Gasteiger partial charge in [-0.25, -0.2) is 14.5 Å².